The molecule has 1 aliphatic heterocycles. The zero-order valence-electron chi connectivity index (χ0n) is 13.1. The number of rotatable bonds is 5. The Kier molecular flexibility index (Phi) is 6.38. The van der Waals surface area contributed by atoms with Crippen molar-refractivity contribution >= 4 is 24.2 Å². The van der Waals surface area contributed by atoms with Crippen LogP contribution in [0.2, 0.25) is 0 Å². The minimum Gasteiger partial charge on any atom is -0.350 e. The fourth-order valence-electron chi connectivity index (χ4n) is 2.34. The molecule has 0 bridgehead atoms. The highest BCUT2D eigenvalue weighted by atomic mass is 35.5. The van der Waals surface area contributed by atoms with Gasteiger partial charge in [0.1, 0.15) is 0 Å². The van der Waals surface area contributed by atoms with E-state index in [0.717, 1.165) is 24.1 Å². The molecule has 0 aliphatic carbocycles. The van der Waals surface area contributed by atoms with Crippen LogP contribution in [0, 0.1) is 0 Å². The first-order chi connectivity index (χ1) is 9.86. The normalized spacial score (nSPS) is 14.7. The zero-order valence-corrected chi connectivity index (χ0v) is 13.9. The van der Waals surface area contributed by atoms with Crippen LogP contribution in [0.3, 0.4) is 0 Å². The molecule has 1 aromatic rings. The van der Waals surface area contributed by atoms with Crippen LogP contribution in [0.15, 0.2) is 24.3 Å². The molecule has 1 heterocycles. The number of hydrogen-bond donors (Lipinski definition) is 2. The van der Waals surface area contributed by atoms with Gasteiger partial charge in [-0.25, -0.2) is 0 Å². The molecule has 1 fully saturated rings. The van der Waals surface area contributed by atoms with Gasteiger partial charge in [0.15, 0.2) is 0 Å². The summed E-state index contributed by atoms with van der Waals surface area (Å²) in [6.45, 7) is 5.28. The van der Waals surface area contributed by atoms with E-state index in [-0.39, 0.29) is 24.2 Å². The van der Waals surface area contributed by atoms with Crippen molar-refractivity contribution < 1.29 is 9.59 Å². The molecule has 0 unspecified atom stereocenters. The third-order valence-electron chi connectivity index (χ3n) is 3.57. The number of amides is 2. The van der Waals surface area contributed by atoms with Crippen LogP contribution in [-0.4, -0.2) is 28.8 Å². The van der Waals surface area contributed by atoms with Crippen molar-refractivity contribution in [1.29, 1.82) is 0 Å². The highest BCUT2D eigenvalue weighted by molar-refractivity contribution is 5.85. The van der Waals surface area contributed by atoms with Crippen molar-refractivity contribution in [2.75, 3.05) is 6.54 Å². The molecule has 1 aliphatic rings. The average Bonchev–Trinajstić information content (AvgIpc) is 2.81. The van der Waals surface area contributed by atoms with E-state index in [1.165, 1.54) is 0 Å². The number of halogens is 1. The summed E-state index contributed by atoms with van der Waals surface area (Å²) in [4.78, 5) is 25.3. The average molecular weight is 326 g/mol. The van der Waals surface area contributed by atoms with E-state index in [9.17, 15) is 9.59 Å². The van der Waals surface area contributed by atoms with Crippen molar-refractivity contribution in [2.45, 2.75) is 45.3 Å². The van der Waals surface area contributed by atoms with Gasteiger partial charge in [0.05, 0.1) is 5.54 Å². The van der Waals surface area contributed by atoms with E-state index in [2.05, 4.69) is 5.32 Å². The topological polar surface area (TPSA) is 75.4 Å². The van der Waals surface area contributed by atoms with Gasteiger partial charge in [-0.15, -0.1) is 12.4 Å². The van der Waals surface area contributed by atoms with Crippen LogP contribution in [0.5, 0.6) is 0 Å². The zero-order chi connectivity index (χ0) is 15.5. The lowest BCUT2D eigenvalue weighted by atomic mass is 10.1. The summed E-state index contributed by atoms with van der Waals surface area (Å²) in [5.41, 5.74) is 6.96. The molecular weight excluding hydrogens is 302 g/mol. The minimum atomic E-state index is -0.875. The summed E-state index contributed by atoms with van der Waals surface area (Å²) in [7, 11) is 0. The predicted molar refractivity (Wildman–Crippen MR) is 88.5 cm³/mol. The van der Waals surface area contributed by atoms with Crippen LogP contribution < -0.4 is 11.1 Å². The van der Waals surface area contributed by atoms with E-state index >= 15 is 0 Å². The number of hydrogen-bond acceptors (Lipinski definition) is 3. The molecule has 1 saturated heterocycles. The molecule has 0 aromatic heterocycles. The Hall–Kier alpha value is -1.59. The monoisotopic (exact) mass is 325 g/mol. The molecule has 22 heavy (non-hydrogen) atoms. The first kappa shape index (κ1) is 18.5. The molecular formula is C16H24ClN3O2. The maximum Gasteiger partial charge on any atom is 0.239 e. The third-order valence-corrected chi connectivity index (χ3v) is 3.57. The number of nitrogens with zero attached hydrogens (tertiary/aromatic N) is 1. The Labute approximate surface area is 137 Å². The molecule has 5 nitrogen and oxygen atoms in total. The SMILES string of the molecule is CC(C)(N)C(=O)NCc1cccc(CN2CCCC2=O)c1.Cl. The van der Waals surface area contributed by atoms with Crippen molar-refractivity contribution in [1.82, 2.24) is 10.2 Å². The summed E-state index contributed by atoms with van der Waals surface area (Å²) in [6.07, 6.45) is 1.60. The molecule has 6 heteroatoms. The number of nitrogens with two attached hydrogens (primary N) is 1. The Bertz CT molecular complexity index is 540. The first-order valence-corrected chi connectivity index (χ1v) is 7.29. The number of carbonyl (C=O) groups is 2. The highest BCUT2D eigenvalue weighted by Gasteiger charge is 2.22. The second-order valence-corrected chi connectivity index (χ2v) is 6.14. The number of nitrogens with one attached hydrogen (secondary N) is 1. The van der Waals surface area contributed by atoms with E-state index in [1.54, 1.807) is 13.8 Å². The van der Waals surface area contributed by atoms with Crippen molar-refractivity contribution in [3.05, 3.63) is 35.4 Å². The number of benzene rings is 1. The smallest absolute Gasteiger partial charge is 0.239 e. The summed E-state index contributed by atoms with van der Waals surface area (Å²) in [5, 5.41) is 2.82. The maximum atomic E-state index is 11.8. The third kappa shape index (κ3) is 5.00. The van der Waals surface area contributed by atoms with Gasteiger partial charge in [-0.1, -0.05) is 24.3 Å². The molecule has 2 rings (SSSR count). The Morgan fingerprint density at radius 1 is 1.36 bits per heavy atom. The van der Waals surface area contributed by atoms with Gasteiger partial charge in [0, 0.05) is 26.1 Å². The molecule has 0 spiro atoms. The van der Waals surface area contributed by atoms with Crippen LogP contribution >= 0.6 is 12.4 Å². The standard InChI is InChI=1S/C16H23N3O2.ClH/c1-16(2,17)15(21)18-10-12-5-3-6-13(9-12)11-19-8-4-7-14(19)20;/h3,5-6,9H,4,7-8,10-11,17H2,1-2H3,(H,18,21);1H. The maximum absolute atomic E-state index is 11.8. The van der Waals surface area contributed by atoms with Gasteiger partial charge in [-0.3, -0.25) is 9.59 Å². The van der Waals surface area contributed by atoms with Crippen LogP contribution in [0.25, 0.3) is 0 Å². The fourth-order valence-corrected chi connectivity index (χ4v) is 2.34. The Morgan fingerprint density at radius 3 is 2.64 bits per heavy atom. The van der Waals surface area contributed by atoms with Crippen molar-refractivity contribution in [3.8, 4) is 0 Å². The molecule has 3 N–H and O–H groups in total. The Morgan fingerprint density at radius 2 is 2.05 bits per heavy atom. The van der Waals surface area contributed by atoms with Crippen LogP contribution in [0.1, 0.15) is 37.8 Å². The summed E-state index contributed by atoms with van der Waals surface area (Å²) >= 11 is 0. The molecule has 1 aromatic carbocycles. The quantitative estimate of drug-likeness (QED) is 0.863. The van der Waals surface area contributed by atoms with E-state index < -0.39 is 5.54 Å². The molecule has 0 atom stereocenters. The summed E-state index contributed by atoms with van der Waals surface area (Å²) < 4.78 is 0. The second-order valence-electron chi connectivity index (χ2n) is 6.14. The number of carbonyl (C=O) groups excluding carboxylic acids is 2. The van der Waals surface area contributed by atoms with Gasteiger partial charge < -0.3 is 16.0 Å². The van der Waals surface area contributed by atoms with Gasteiger partial charge in [0.25, 0.3) is 0 Å². The lowest BCUT2D eigenvalue weighted by Crippen LogP contribution is -2.48. The minimum absolute atomic E-state index is 0. The van der Waals surface area contributed by atoms with Crippen LogP contribution in [-0.2, 0) is 22.7 Å². The van der Waals surface area contributed by atoms with Gasteiger partial charge >= 0.3 is 0 Å². The molecule has 0 radical (unpaired) electrons. The number of likely N-dealkylation sites (tertiary alicyclic amines) is 1. The van der Waals surface area contributed by atoms with Gasteiger partial charge in [-0.05, 0) is 31.4 Å². The fraction of sp³-hybridized carbons (Fsp3) is 0.500. The van der Waals surface area contributed by atoms with E-state index in [0.29, 0.717) is 19.5 Å². The summed E-state index contributed by atoms with van der Waals surface area (Å²) in [6, 6.07) is 7.93. The largest absolute Gasteiger partial charge is 0.350 e. The van der Waals surface area contributed by atoms with Gasteiger partial charge in [-0.2, -0.15) is 0 Å². The lowest BCUT2D eigenvalue weighted by Gasteiger charge is -2.18. The first-order valence-electron chi connectivity index (χ1n) is 7.29. The molecule has 0 saturated carbocycles. The van der Waals surface area contributed by atoms with Crippen molar-refractivity contribution in [3.63, 3.8) is 0 Å². The summed E-state index contributed by atoms with van der Waals surface area (Å²) in [5.74, 6) is 0.0428. The van der Waals surface area contributed by atoms with E-state index in [4.69, 9.17) is 5.73 Å². The Balaban J connectivity index is 0.00000242. The molecule has 2 amide bonds. The van der Waals surface area contributed by atoms with E-state index in [1.807, 2.05) is 29.2 Å². The second kappa shape index (κ2) is 7.61. The van der Waals surface area contributed by atoms with Crippen LogP contribution in [0.4, 0.5) is 0 Å². The lowest BCUT2D eigenvalue weighted by molar-refractivity contribution is -0.128. The van der Waals surface area contributed by atoms with Crippen molar-refractivity contribution in [2.24, 2.45) is 5.73 Å². The highest BCUT2D eigenvalue weighted by Crippen LogP contribution is 2.15. The van der Waals surface area contributed by atoms with Gasteiger partial charge in [0.2, 0.25) is 11.8 Å². The molecule has 122 valence electrons. The predicted octanol–water partition coefficient (Wildman–Crippen LogP) is 1.58.